The van der Waals surface area contributed by atoms with Crippen molar-refractivity contribution in [2.24, 2.45) is 10.7 Å². The second kappa shape index (κ2) is 10.0. The van der Waals surface area contributed by atoms with Crippen LogP contribution in [0.5, 0.6) is 11.5 Å². The molecule has 5 aliphatic rings. The van der Waals surface area contributed by atoms with Crippen LogP contribution in [0.1, 0.15) is 71.0 Å². The van der Waals surface area contributed by atoms with Gasteiger partial charge in [0.1, 0.15) is 24.6 Å². The Kier molecular flexibility index (Phi) is 6.13. The second-order valence-corrected chi connectivity index (χ2v) is 12.3. The molecule has 210 valence electrons. The van der Waals surface area contributed by atoms with Crippen LogP contribution in [0, 0.1) is 0 Å². The van der Waals surface area contributed by atoms with Gasteiger partial charge in [-0.3, -0.25) is 0 Å². The maximum Gasteiger partial charge on any atom is 0.210 e. The fraction of sp³-hybridized carbons (Fsp3) is 0.429. The molecule has 0 fully saturated rings. The molecule has 0 atom stereocenters. The van der Waals surface area contributed by atoms with E-state index in [1.54, 1.807) is 0 Å². The van der Waals surface area contributed by atoms with Gasteiger partial charge in [0, 0.05) is 65.6 Å². The number of hydrogen-bond acceptors (Lipinski definition) is 5. The highest BCUT2D eigenvalue weighted by Crippen LogP contribution is 2.48. The van der Waals surface area contributed by atoms with Crippen LogP contribution in [-0.4, -0.2) is 45.2 Å². The molecule has 6 heteroatoms. The molecule has 0 aliphatic carbocycles. The Morgan fingerprint density at radius 3 is 2.61 bits per heavy atom. The molecule has 3 aromatic rings. The number of nitrogens with two attached hydrogens (primary N) is 1. The molecule has 0 saturated heterocycles. The number of benzene rings is 3. The van der Waals surface area contributed by atoms with E-state index >= 15 is 0 Å². The molecular weight excluding hydrogens is 508 g/mol. The minimum absolute atomic E-state index is 0.166. The fourth-order valence-corrected chi connectivity index (χ4v) is 8.00. The van der Waals surface area contributed by atoms with Gasteiger partial charge in [-0.05, 0) is 92.3 Å². The van der Waals surface area contributed by atoms with Gasteiger partial charge in [0.05, 0.1) is 5.56 Å². The van der Waals surface area contributed by atoms with E-state index in [0.717, 1.165) is 88.2 Å². The molecular formula is C35H38N4O2. The van der Waals surface area contributed by atoms with Crippen LogP contribution in [0.4, 0.5) is 5.69 Å². The molecule has 0 unspecified atom stereocenters. The van der Waals surface area contributed by atoms with Crippen LogP contribution >= 0.6 is 0 Å². The summed E-state index contributed by atoms with van der Waals surface area (Å²) in [5, 5.41) is 15.7. The summed E-state index contributed by atoms with van der Waals surface area (Å²) in [6.07, 6.45) is 9.74. The standard InChI is InChI=1S/C35H38N4O2/c36-13-6-14-37-35(40)25-8-1-7-22(19-25)30-28-20-23-9-2-15-38-17-4-11-26(31(23)38)33(28)41-34-27-12-5-18-39-16-3-10-24(32(27)39)21-29(30)34/h1,7-8,19-21H,2-6,9-18,36H2. The molecule has 8 rings (SSSR count). The van der Waals surface area contributed by atoms with Gasteiger partial charge in [0.15, 0.2) is 0 Å². The quantitative estimate of drug-likeness (QED) is 0.181. The zero-order chi connectivity index (χ0) is 27.5. The van der Waals surface area contributed by atoms with Crippen molar-refractivity contribution in [3.05, 3.63) is 85.9 Å². The largest absolute Gasteiger partial charge is 0.858 e. The molecule has 0 aromatic heterocycles. The molecule has 0 saturated carbocycles. The van der Waals surface area contributed by atoms with Crippen LogP contribution < -0.4 is 35.6 Å². The highest BCUT2D eigenvalue weighted by atomic mass is 16.5. The molecule has 0 radical (unpaired) electrons. The lowest BCUT2D eigenvalue weighted by Gasteiger charge is -2.39. The molecule has 2 N–H and O–H groups in total. The van der Waals surface area contributed by atoms with Crippen molar-refractivity contribution in [2.45, 2.75) is 57.8 Å². The van der Waals surface area contributed by atoms with Crippen LogP contribution in [0.25, 0.3) is 5.57 Å². The number of hydrogen-bond donors (Lipinski definition) is 1. The predicted octanol–water partition coefficient (Wildman–Crippen LogP) is 2.58. The number of nitrogens with zero attached hydrogens (tertiary/aromatic N) is 3. The number of aryl methyl sites for hydroxylation is 2. The summed E-state index contributed by atoms with van der Waals surface area (Å²) in [6, 6.07) is 13.0. The normalized spacial score (nSPS) is 18.8. The number of aliphatic imine (C=N–C) groups is 1. The first-order chi connectivity index (χ1) is 20.2. The summed E-state index contributed by atoms with van der Waals surface area (Å²) in [7, 11) is 0. The van der Waals surface area contributed by atoms with E-state index in [9.17, 15) is 5.11 Å². The highest BCUT2D eigenvalue weighted by Gasteiger charge is 2.35. The minimum Gasteiger partial charge on any atom is -0.858 e. The Morgan fingerprint density at radius 1 is 0.927 bits per heavy atom. The Hall–Kier alpha value is -3.64. The average Bonchev–Trinajstić information content (AvgIpc) is 3.01. The number of rotatable bonds is 5. The van der Waals surface area contributed by atoms with Crippen molar-refractivity contribution in [1.82, 2.24) is 4.58 Å². The third-order valence-corrected chi connectivity index (χ3v) is 9.70. The van der Waals surface area contributed by atoms with Crippen LogP contribution in [0.15, 0.2) is 41.4 Å². The summed E-state index contributed by atoms with van der Waals surface area (Å²) in [4.78, 5) is 6.89. The van der Waals surface area contributed by atoms with Crippen molar-refractivity contribution in [2.75, 3.05) is 44.2 Å². The van der Waals surface area contributed by atoms with E-state index < -0.39 is 0 Å². The Labute approximate surface area is 241 Å². The summed E-state index contributed by atoms with van der Waals surface area (Å²) >= 11 is 0. The maximum absolute atomic E-state index is 13.1. The van der Waals surface area contributed by atoms with Crippen LogP contribution in [-0.2, 0) is 25.7 Å². The summed E-state index contributed by atoms with van der Waals surface area (Å²) < 4.78 is 9.74. The molecule has 3 aromatic carbocycles. The van der Waals surface area contributed by atoms with E-state index in [0.29, 0.717) is 18.7 Å². The van der Waals surface area contributed by atoms with Crippen LogP contribution in [0.2, 0.25) is 0 Å². The second-order valence-electron chi connectivity index (χ2n) is 12.3. The van der Waals surface area contributed by atoms with Gasteiger partial charge in [0.25, 0.3) is 0 Å². The minimum atomic E-state index is -0.166. The Bertz CT molecular complexity index is 1730. The predicted molar refractivity (Wildman–Crippen MR) is 162 cm³/mol. The summed E-state index contributed by atoms with van der Waals surface area (Å²) in [5.41, 5.74) is 16.8. The van der Waals surface area contributed by atoms with Gasteiger partial charge < -0.3 is 25.5 Å². The van der Waals surface area contributed by atoms with Gasteiger partial charge in [-0.1, -0.05) is 18.2 Å². The van der Waals surface area contributed by atoms with E-state index in [2.05, 4.69) is 38.7 Å². The number of anilines is 1. The van der Waals surface area contributed by atoms with Gasteiger partial charge in [-0.15, -0.1) is 0 Å². The van der Waals surface area contributed by atoms with E-state index in [1.165, 1.54) is 62.5 Å². The smallest absolute Gasteiger partial charge is 0.210 e. The van der Waals surface area contributed by atoms with Gasteiger partial charge in [-0.25, -0.2) is 4.58 Å². The van der Waals surface area contributed by atoms with E-state index in [4.69, 9.17) is 10.5 Å². The number of fused-ring (bicyclic) bond motifs is 4. The number of ether oxygens (including phenoxy) is 1. The molecule has 0 spiro atoms. The summed E-state index contributed by atoms with van der Waals surface area (Å²) in [6.45, 7) is 5.55. The maximum atomic E-state index is 13.1. The first kappa shape index (κ1) is 25.1. The van der Waals surface area contributed by atoms with E-state index in [-0.39, 0.29) is 5.90 Å². The Balaban J connectivity index is 1.43. The molecule has 41 heavy (non-hydrogen) atoms. The average molecular weight is 547 g/mol. The van der Waals surface area contributed by atoms with Gasteiger partial charge >= 0.3 is 0 Å². The Morgan fingerprint density at radius 2 is 1.73 bits per heavy atom. The van der Waals surface area contributed by atoms with Gasteiger partial charge in [0.2, 0.25) is 5.36 Å². The van der Waals surface area contributed by atoms with Crippen molar-refractivity contribution in [3.63, 3.8) is 0 Å². The molecule has 0 amide bonds. The first-order valence-electron chi connectivity index (χ1n) is 15.7. The molecule has 0 bridgehead atoms. The fourth-order valence-electron chi connectivity index (χ4n) is 8.00. The first-order valence-corrected chi connectivity index (χ1v) is 15.7. The molecule has 6 nitrogen and oxygen atoms in total. The van der Waals surface area contributed by atoms with Gasteiger partial charge in [-0.2, -0.15) is 0 Å². The van der Waals surface area contributed by atoms with Crippen molar-refractivity contribution in [3.8, 4) is 11.5 Å². The highest BCUT2D eigenvalue weighted by molar-refractivity contribution is 5.94. The lowest BCUT2D eigenvalue weighted by Crippen LogP contribution is -2.45. The monoisotopic (exact) mass is 546 g/mol. The topological polar surface area (TPSA) is 76.9 Å². The molecule has 5 aliphatic heterocycles. The van der Waals surface area contributed by atoms with Crippen molar-refractivity contribution >= 4 is 17.2 Å². The van der Waals surface area contributed by atoms with E-state index in [1.807, 2.05) is 12.1 Å². The summed E-state index contributed by atoms with van der Waals surface area (Å²) in [5.74, 6) is 1.93. The third-order valence-electron chi connectivity index (χ3n) is 9.70. The zero-order valence-corrected chi connectivity index (χ0v) is 23.8. The zero-order valence-electron chi connectivity index (χ0n) is 23.8. The van der Waals surface area contributed by atoms with Crippen LogP contribution in [0.3, 0.4) is 0 Å². The van der Waals surface area contributed by atoms with Crippen molar-refractivity contribution in [1.29, 1.82) is 0 Å². The lowest BCUT2D eigenvalue weighted by atomic mass is 9.82. The van der Waals surface area contributed by atoms with Crippen molar-refractivity contribution < 1.29 is 9.84 Å². The third kappa shape index (κ3) is 4.02. The molecule has 5 heterocycles. The SMILES string of the molecule is NCCCN=C([O-])c1cccc(C2=c3cc4c5c(c3Oc3c2cc2c6c3CCCN6CCC2)CCC[N+]=5CCC4)c1. The lowest BCUT2D eigenvalue weighted by molar-refractivity contribution is -0.213.